The summed E-state index contributed by atoms with van der Waals surface area (Å²) in [5.74, 6) is -5.53. The van der Waals surface area contributed by atoms with Crippen molar-refractivity contribution < 1.29 is 27.8 Å². The predicted octanol–water partition coefficient (Wildman–Crippen LogP) is 2.38. The van der Waals surface area contributed by atoms with E-state index in [1.807, 2.05) is 0 Å². The van der Waals surface area contributed by atoms with Gasteiger partial charge in [-0.25, -0.2) is 4.39 Å². The lowest BCUT2D eigenvalue weighted by atomic mass is 10.1. The highest BCUT2D eigenvalue weighted by atomic mass is 19.3. The van der Waals surface area contributed by atoms with Crippen LogP contribution in [0.4, 0.5) is 13.2 Å². The first-order valence-electron chi connectivity index (χ1n) is 4.32. The zero-order valence-corrected chi connectivity index (χ0v) is 8.34. The second-order valence-electron chi connectivity index (χ2n) is 3.11. The molecule has 6 heteroatoms. The normalized spacial score (nSPS) is 11.2. The summed E-state index contributed by atoms with van der Waals surface area (Å²) < 4.78 is 42.8. The van der Waals surface area contributed by atoms with Gasteiger partial charge in [0.2, 0.25) is 0 Å². The Morgan fingerprint density at radius 1 is 1.50 bits per heavy atom. The van der Waals surface area contributed by atoms with E-state index in [0.717, 1.165) is 19.1 Å². The molecule has 0 aromatic heterocycles. The lowest BCUT2D eigenvalue weighted by Crippen LogP contribution is -2.18. The molecule has 1 aromatic rings. The highest BCUT2D eigenvalue weighted by molar-refractivity contribution is 5.70. The quantitative estimate of drug-likeness (QED) is 0.645. The zero-order chi connectivity index (χ0) is 12.3. The fraction of sp³-hybridized carbons (Fsp3) is 0.300. The maximum atomic E-state index is 13.1. The van der Waals surface area contributed by atoms with Crippen LogP contribution in [0.1, 0.15) is 12.5 Å². The van der Waals surface area contributed by atoms with Gasteiger partial charge in [0.05, 0.1) is 5.56 Å². The second-order valence-corrected chi connectivity index (χ2v) is 3.11. The van der Waals surface area contributed by atoms with Crippen molar-refractivity contribution in [2.75, 3.05) is 6.67 Å². The number of carbonyl (C=O) groups excluding carboxylic acids is 1. The Labute approximate surface area is 89.5 Å². The van der Waals surface area contributed by atoms with Gasteiger partial charge in [-0.1, -0.05) is 0 Å². The van der Waals surface area contributed by atoms with E-state index in [1.165, 1.54) is 0 Å². The highest BCUT2D eigenvalue weighted by Crippen LogP contribution is 2.37. The molecule has 0 atom stereocenters. The molecule has 0 fully saturated rings. The Morgan fingerprint density at radius 2 is 2.12 bits per heavy atom. The van der Waals surface area contributed by atoms with Gasteiger partial charge in [0.25, 0.3) is 0 Å². The summed E-state index contributed by atoms with van der Waals surface area (Å²) in [5, 5.41) is 9.03. The number of benzene rings is 1. The molecule has 0 amide bonds. The minimum Gasteiger partial charge on any atom is -0.508 e. The summed E-state index contributed by atoms with van der Waals surface area (Å²) >= 11 is 0. The van der Waals surface area contributed by atoms with E-state index in [-0.39, 0.29) is 0 Å². The van der Waals surface area contributed by atoms with Crippen LogP contribution >= 0.6 is 0 Å². The molecule has 0 heterocycles. The van der Waals surface area contributed by atoms with Crippen LogP contribution in [0.5, 0.6) is 11.5 Å². The van der Waals surface area contributed by atoms with E-state index in [1.54, 1.807) is 0 Å². The van der Waals surface area contributed by atoms with Crippen LogP contribution in [0.15, 0.2) is 18.2 Å². The van der Waals surface area contributed by atoms with Crippen LogP contribution in [0, 0.1) is 0 Å². The third-order valence-corrected chi connectivity index (χ3v) is 1.78. The monoisotopic (exact) mass is 234 g/mol. The molecule has 0 bridgehead atoms. The van der Waals surface area contributed by atoms with Gasteiger partial charge in [0, 0.05) is 6.92 Å². The fourth-order valence-electron chi connectivity index (χ4n) is 1.12. The van der Waals surface area contributed by atoms with E-state index in [0.29, 0.717) is 6.07 Å². The van der Waals surface area contributed by atoms with Crippen molar-refractivity contribution in [2.45, 2.75) is 12.8 Å². The molecule has 0 aliphatic rings. The van der Waals surface area contributed by atoms with Crippen LogP contribution in [0.3, 0.4) is 0 Å². The van der Waals surface area contributed by atoms with Gasteiger partial charge in [0.15, 0.2) is 6.67 Å². The molecule has 1 rings (SSSR count). The molecule has 0 saturated heterocycles. The van der Waals surface area contributed by atoms with Crippen LogP contribution < -0.4 is 4.74 Å². The molecule has 0 spiro atoms. The van der Waals surface area contributed by atoms with E-state index in [4.69, 9.17) is 5.11 Å². The van der Waals surface area contributed by atoms with Crippen molar-refractivity contribution in [1.82, 2.24) is 0 Å². The summed E-state index contributed by atoms with van der Waals surface area (Å²) in [6.45, 7) is -0.908. The summed E-state index contributed by atoms with van der Waals surface area (Å²) in [5.41, 5.74) is -0.856. The first-order valence-corrected chi connectivity index (χ1v) is 4.32. The Hall–Kier alpha value is -1.72. The molecule has 88 valence electrons. The lowest BCUT2D eigenvalue weighted by Gasteiger charge is -2.16. The number of esters is 1. The molecular weight excluding hydrogens is 225 g/mol. The van der Waals surface area contributed by atoms with Crippen molar-refractivity contribution in [3.8, 4) is 11.5 Å². The van der Waals surface area contributed by atoms with E-state index < -0.39 is 35.6 Å². The summed E-state index contributed by atoms with van der Waals surface area (Å²) in [6.07, 6.45) is 0. The smallest absolute Gasteiger partial charge is 0.308 e. The third-order valence-electron chi connectivity index (χ3n) is 1.78. The molecule has 0 aliphatic carbocycles. The highest BCUT2D eigenvalue weighted by Gasteiger charge is 2.35. The number of hydrogen-bond acceptors (Lipinski definition) is 3. The van der Waals surface area contributed by atoms with Gasteiger partial charge >= 0.3 is 11.9 Å². The van der Waals surface area contributed by atoms with Gasteiger partial charge in [-0.2, -0.15) is 8.78 Å². The van der Waals surface area contributed by atoms with Gasteiger partial charge in [0.1, 0.15) is 11.5 Å². The van der Waals surface area contributed by atoms with Crippen molar-refractivity contribution in [2.24, 2.45) is 0 Å². The molecule has 0 aliphatic heterocycles. The minimum atomic E-state index is -3.80. The molecule has 1 aromatic carbocycles. The molecule has 0 unspecified atom stereocenters. The number of phenolic OH excluding ortho intramolecular Hbond substituents is 1. The van der Waals surface area contributed by atoms with E-state index in [9.17, 15) is 18.0 Å². The van der Waals surface area contributed by atoms with Crippen molar-refractivity contribution in [3.63, 3.8) is 0 Å². The molecule has 0 radical (unpaired) electrons. The van der Waals surface area contributed by atoms with Crippen LogP contribution in [-0.2, 0) is 10.7 Å². The largest absolute Gasteiger partial charge is 0.508 e. The number of alkyl halides is 3. The lowest BCUT2D eigenvalue weighted by molar-refractivity contribution is -0.132. The van der Waals surface area contributed by atoms with Gasteiger partial charge in [-0.05, 0) is 18.2 Å². The fourth-order valence-corrected chi connectivity index (χ4v) is 1.12. The first kappa shape index (κ1) is 12.4. The third kappa shape index (κ3) is 2.65. The molecular formula is C10H9F3O3. The van der Waals surface area contributed by atoms with Gasteiger partial charge in [-0.3, -0.25) is 4.79 Å². The summed E-state index contributed by atoms with van der Waals surface area (Å²) in [6, 6.07) is 2.71. The average molecular weight is 234 g/mol. The molecule has 1 N–H and O–H groups in total. The summed E-state index contributed by atoms with van der Waals surface area (Å²) in [4.78, 5) is 10.6. The Morgan fingerprint density at radius 3 is 2.62 bits per heavy atom. The van der Waals surface area contributed by atoms with Crippen LogP contribution in [0.25, 0.3) is 0 Å². The Kier molecular flexibility index (Phi) is 3.41. The van der Waals surface area contributed by atoms with Crippen molar-refractivity contribution >= 4 is 5.97 Å². The predicted molar refractivity (Wildman–Crippen MR) is 49.3 cm³/mol. The van der Waals surface area contributed by atoms with Crippen molar-refractivity contribution in [3.05, 3.63) is 23.8 Å². The second kappa shape index (κ2) is 4.42. The number of aromatic hydroxyl groups is 1. The Balaban J connectivity index is 3.23. The molecule has 16 heavy (non-hydrogen) atoms. The van der Waals surface area contributed by atoms with Crippen LogP contribution in [0.2, 0.25) is 0 Å². The molecule has 3 nitrogen and oxygen atoms in total. The minimum absolute atomic E-state index is 0.459. The first-order chi connectivity index (χ1) is 7.36. The topological polar surface area (TPSA) is 46.5 Å². The number of phenols is 1. The van der Waals surface area contributed by atoms with E-state index >= 15 is 0 Å². The van der Waals surface area contributed by atoms with Gasteiger partial charge in [-0.15, -0.1) is 0 Å². The number of halogens is 3. The SMILES string of the molecule is CC(=O)Oc1ccc(O)cc1C(F)(F)CF. The number of ether oxygens (including phenoxy) is 1. The average Bonchev–Trinajstić information content (AvgIpc) is 2.20. The summed E-state index contributed by atoms with van der Waals surface area (Å²) in [7, 11) is 0. The standard InChI is InChI=1S/C10H9F3O3/c1-6(14)16-9-3-2-7(15)4-8(9)10(12,13)5-11/h2-4,15H,5H2,1H3. The van der Waals surface area contributed by atoms with Gasteiger partial charge < -0.3 is 9.84 Å². The van der Waals surface area contributed by atoms with Crippen molar-refractivity contribution in [1.29, 1.82) is 0 Å². The molecule has 0 saturated carbocycles. The number of rotatable bonds is 3. The maximum absolute atomic E-state index is 13.1. The van der Waals surface area contributed by atoms with E-state index in [2.05, 4.69) is 4.74 Å². The number of carbonyl (C=O) groups is 1. The maximum Gasteiger partial charge on any atom is 0.308 e. The zero-order valence-electron chi connectivity index (χ0n) is 8.34. The van der Waals surface area contributed by atoms with Crippen LogP contribution in [-0.4, -0.2) is 17.8 Å². The number of hydrogen-bond donors (Lipinski definition) is 1. The Bertz CT molecular complexity index is 404.